The molecule has 1 unspecified atom stereocenters. The van der Waals surface area contributed by atoms with Gasteiger partial charge in [-0.05, 0) is 37.5 Å². The minimum atomic E-state index is -4.48. The van der Waals surface area contributed by atoms with E-state index in [2.05, 4.69) is 10.6 Å². The number of imide groups is 1. The molecule has 1 fully saturated rings. The van der Waals surface area contributed by atoms with Crippen LogP contribution in [0.1, 0.15) is 50.8 Å². The van der Waals surface area contributed by atoms with Gasteiger partial charge in [0.25, 0.3) is 5.91 Å². The van der Waals surface area contributed by atoms with Crippen molar-refractivity contribution in [2.24, 2.45) is 0 Å². The van der Waals surface area contributed by atoms with E-state index < -0.39 is 47.7 Å². The number of alkyl halides is 3. The van der Waals surface area contributed by atoms with E-state index in [4.69, 9.17) is 0 Å². The molecule has 148 valence electrons. The first-order valence-corrected chi connectivity index (χ1v) is 8.64. The molecule has 1 aromatic carbocycles. The smallest absolute Gasteiger partial charge is 0.348 e. The highest BCUT2D eigenvalue weighted by Crippen LogP contribution is 2.30. The number of rotatable bonds is 6. The first-order chi connectivity index (χ1) is 12.5. The van der Waals surface area contributed by atoms with Gasteiger partial charge < -0.3 is 10.6 Å². The molecule has 9 heteroatoms. The summed E-state index contributed by atoms with van der Waals surface area (Å²) in [5, 5.41) is 5.14. The summed E-state index contributed by atoms with van der Waals surface area (Å²) in [6.45, 7) is 4.57. The van der Waals surface area contributed by atoms with E-state index in [-0.39, 0.29) is 5.56 Å². The molecule has 0 spiro atoms. The Hall–Kier alpha value is -2.58. The summed E-state index contributed by atoms with van der Waals surface area (Å²) >= 11 is 0. The zero-order chi connectivity index (χ0) is 20.4. The van der Waals surface area contributed by atoms with Crippen LogP contribution in [0.3, 0.4) is 0 Å². The second-order valence-corrected chi connectivity index (χ2v) is 6.52. The lowest BCUT2D eigenvalue weighted by molar-refractivity contribution is -0.137. The number of amides is 4. The van der Waals surface area contributed by atoms with Crippen LogP contribution in [0.15, 0.2) is 24.3 Å². The minimum absolute atomic E-state index is 0.270. The summed E-state index contributed by atoms with van der Waals surface area (Å²) in [6, 6.07) is 3.26. The molecule has 1 aliphatic rings. The van der Waals surface area contributed by atoms with Crippen molar-refractivity contribution in [3.63, 3.8) is 0 Å². The summed E-state index contributed by atoms with van der Waals surface area (Å²) < 4.78 is 38.4. The van der Waals surface area contributed by atoms with Gasteiger partial charge in [-0.2, -0.15) is 13.2 Å². The highest BCUT2D eigenvalue weighted by Gasteiger charge is 2.49. The van der Waals surface area contributed by atoms with Crippen molar-refractivity contribution < 1.29 is 27.6 Å². The maximum absolute atomic E-state index is 12.8. The van der Waals surface area contributed by atoms with Gasteiger partial charge in [0.15, 0.2) is 0 Å². The second kappa shape index (κ2) is 7.58. The van der Waals surface area contributed by atoms with Gasteiger partial charge in [0.2, 0.25) is 5.91 Å². The van der Waals surface area contributed by atoms with Crippen LogP contribution in [-0.4, -0.2) is 34.8 Å². The van der Waals surface area contributed by atoms with Crippen molar-refractivity contribution >= 4 is 17.8 Å². The Morgan fingerprint density at radius 3 is 2.41 bits per heavy atom. The van der Waals surface area contributed by atoms with Crippen molar-refractivity contribution in [2.75, 3.05) is 6.54 Å². The Morgan fingerprint density at radius 1 is 1.26 bits per heavy atom. The molecule has 0 saturated carbocycles. The Morgan fingerprint density at radius 2 is 1.89 bits per heavy atom. The lowest BCUT2D eigenvalue weighted by atomic mass is 9.93. The molecule has 0 aliphatic carbocycles. The van der Waals surface area contributed by atoms with Crippen LogP contribution in [-0.2, 0) is 15.8 Å². The van der Waals surface area contributed by atoms with Gasteiger partial charge in [0, 0.05) is 0 Å². The van der Waals surface area contributed by atoms with Gasteiger partial charge >= 0.3 is 12.2 Å². The number of hydrogen-bond acceptors (Lipinski definition) is 3. The second-order valence-electron chi connectivity index (χ2n) is 6.52. The van der Waals surface area contributed by atoms with Crippen LogP contribution >= 0.6 is 0 Å². The molecule has 1 atom stereocenters. The van der Waals surface area contributed by atoms with Crippen LogP contribution in [0.25, 0.3) is 0 Å². The number of halogens is 3. The Kier molecular flexibility index (Phi) is 5.82. The predicted octanol–water partition coefficient (Wildman–Crippen LogP) is 2.99. The fraction of sp³-hybridized carbons (Fsp3) is 0.500. The molecule has 0 aromatic heterocycles. The van der Waals surface area contributed by atoms with E-state index in [1.54, 1.807) is 13.8 Å². The number of urea groups is 1. The van der Waals surface area contributed by atoms with Crippen molar-refractivity contribution in [3.05, 3.63) is 35.4 Å². The lowest BCUT2D eigenvalue weighted by Crippen LogP contribution is -2.46. The average Bonchev–Trinajstić information content (AvgIpc) is 2.85. The van der Waals surface area contributed by atoms with Gasteiger partial charge in [-0.15, -0.1) is 0 Å². The van der Waals surface area contributed by atoms with Crippen LogP contribution in [0.2, 0.25) is 0 Å². The SMILES string of the molecule is CCC1(CC)NC(=O)N(CC(=O)NC(C)c2cccc(C(F)(F)F)c2)C1=O. The minimum Gasteiger partial charge on any atom is -0.348 e. The number of carbonyl (C=O) groups excluding carboxylic acids is 3. The summed E-state index contributed by atoms with van der Waals surface area (Å²) in [4.78, 5) is 37.6. The van der Waals surface area contributed by atoms with Crippen molar-refractivity contribution in [1.82, 2.24) is 15.5 Å². The first kappa shape index (κ1) is 20.7. The highest BCUT2D eigenvalue weighted by atomic mass is 19.4. The zero-order valence-electron chi connectivity index (χ0n) is 15.3. The number of nitrogens with one attached hydrogen (secondary N) is 2. The molecular formula is C18H22F3N3O3. The highest BCUT2D eigenvalue weighted by molar-refractivity contribution is 6.09. The summed E-state index contributed by atoms with van der Waals surface area (Å²) in [5.74, 6) is -1.11. The van der Waals surface area contributed by atoms with E-state index in [1.165, 1.54) is 19.1 Å². The topological polar surface area (TPSA) is 78.5 Å². The number of benzene rings is 1. The third-order valence-corrected chi connectivity index (χ3v) is 4.85. The van der Waals surface area contributed by atoms with E-state index in [0.717, 1.165) is 17.0 Å². The van der Waals surface area contributed by atoms with Crippen LogP contribution in [0.5, 0.6) is 0 Å². The number of nitrogens with zero attached hydrogens (tertiary/aromatic N) is 1. The molecule has 27 heavy (non-hydrogen) atoms. The molecule has 2 rings (SSSR count). The molecular weight excluding hydrogens is 363 g/mol. The average molecular weight is 385 g/mol. The molecule has 1 aromatic rings. The molecule has 1 saturated heterocycles. The molecule has 6 nitrogen and oxygen atoms in total. The third kappa shape index (κ3) is 4.23. The molecule has 2 N–H and O–H groups in total. The largest absolute Gasteiger partial charge is 0.416 e. The molecule has 4 amide bonds. The fourth-order valence-corrected chi connectivity index (χ4v) is 3.05. The quantitative estimate of drug-likeness (QED) is 0.739. The monoisotopic (exact) mass is 385 g/mol. The fourth-order valence-electron chi connectivity index (χ4n) is 3.05. The standard InChI is InChI=1S/C18H22F3N3O3/c1-4-17(5-2)15(26)24(16(27)23-17)10-14(25)22-11(3)12-7-6-8-13(9-12)18(19,20)21/h6-9,11H,4-5,10H2,1-3H3,(H,22,25)(H,23,27). The van der Waals surface area contributed by atoms with Crippen LogP contribution in [0.4, 0.5) is 18.0 Å². The van der Waals surface area contributed by atoms with Gasteiger partial charge in [-0.1, -0.05) is 26.0 Å². The molecule has 0 radical (unpaired) electrons. The van der Waals surface area contributed by atoms with Crippen molar-refractivity contribution in [2.45, 2.75) is 51.4 Å². The Bertz CT molecular complexity index is 745. The zero-order valence-corrected chi connectivity index (χ0v) is 15.3. The number of carbonyl (C=O) groups is 3. The molecule has 0 bridgehead atoms. The Balaban J connectivity index is 2.06. The first-order valence-electron chi connectivity index (χ1n) is 8.64. The van der Waals surface area contributed by atoms with E-state index in [1.807, 2.05) is 0 Å². The summed E-state index contributed by atoms with van der Waals surface area (Å²) in [5.41, 5.74) is -1.55. The van der Waals surface area contributed by atoms with Crippen molar-refractivity contribution in [3.8, 4) is 0 Å². The maximum Gasteiger partial charge on any atom is 0.416 e. The maximum atomic E-state index is 12.8. The van der Waals surface area contributed by atoms with Crippen LogP contribution in [0, 0.1) is 0 Å². The Labute approximate surface area is 155 Å². The van der Waals surface area contributed by atoms with Crippen LogP contribution < -0.4 is 10.6 Å². The third-order valence-electron chi connectivity index (χ3n) is 4.85. The lowest BCUT2D eigenvalue weighted by Gasteiger charge is -2.23. The van der Waals surface area contributed by atoms with E-state index in [0.29, 0.717) is 12.8 Å². The summed E-state index contributed by atoms with van der Waals surface area (Å²) in [6.07, 6.45) is -3.69. The van der Waals surface area contributed by atoms with E-state index in [9.17, 15) is 27.6 Å². The summed E-state index contributed by atoms with van der Waals surface area (Å²) in [7, 11) is 0. The van der Waals surface area contributed by atoms with E-state index >= 15 is 0 Å². The molecule has 1 heterocycles. The molecule has 1 aliphatic heterocycles. The van der Waals surface area contributed by atoms with Crippen molar-refractivity contribution in [1.29, 1.82) is 0 Å². The van der Waals surface area contributed by atoms with Gasteiger partial charge in [-0.3, -0.25) is 14.5 Å². The predicted molar refractivity (Wildman–Crippen MR) is 91.6 cm³/mol. The number of hydrogen-bond donors (Lipinski definition) is 2. The van der Waals surface area contributed by atoms with Gasteiger partial charge in [0.05, 0.1) is 11.6 Å². The normalized spacial score (nSPS) is 17.6. The van der Waals surface area contributed by atoms with Gasteiger partial charge in [-0.25, -0.2) is 4.79 Å². The van der Waals surface area contributed by atoms with Gasteiger partial charge in [0.1, 0.15) is 12.1 Å².